The van der Waals surface area contributed by atoms with E-state index in [1.54, 1.807) is 7.11 Å². The van der Waals surface area contributed by atoms with Crippen LogP contribution in [0.5, 0.6) is 5.75 Å². The number of carbonyl (C=O) groups is 1. The number of rotatable bonds is 5. The fourth-order valence-electron chi connectivity index (χ4n) is 3.35. The van der Waals surface area contributed by atoms with Crippen molar-refractivity contribution >= 4 is 22.8 Å². The first-order valence-corrected chi connectivity index (χ1v) is 9.23. The average Bonchev–Trinajstić information content (AvgIpc) is 2.75. The van der Waals surface area contributed by atoms with E-state index in [1.807, 2.05) is 18.2 Å². The normalized spacial score (nSPS) is 12.9. The van der Waals surface area contributed by atoms with Crippen LogP contribution in [0.1, 0.15) is 27.9 Å². The van der Waals surface area contributed by atoms with Crippen LogP contribution in [0.2, 0.25) is 0 Å². The maximum atomic E-state index is 13.9. The molecule has 0 saturated heterocycles. The molecule has 4 rings (SSSR count). The molecule has 2 heterocycles. The van der Waals surface area contributed by atoms with E-state index in [4.69, 9.17) is 9.15 Å². The predicted molar refractivity (Wildman–Crippen MR) is 106 cm³/mol. The molecule has 8 nitrogen and oxygen atoms in total. The Bertz CT molecular complexity index is 1290. The number of fused-ring (bicyclic) bond motifs is 2. The van der Waals surface area contributed by atoms with Gasteiger partial charge in [-0.05, 0) is 36.2 Å². The maximum Gasteiger partial charge on any atom is 0.423 e. The van der Waals surface area contributed by atoms with Crippen LogP contribution in [-0.4, -0.2) is 31.8 Å². The third kappa shape index (κ3) is 3.61. The Hall–Kier alpha value is -3.75. The molecule has 0 fully saturated rings. The van der Waals surface area contributed by atoms with E-state index in [1.165, 1.54) is 0 Å². The van der Waals surface area contributed by atoms with Gasteiger partial charge in [0, 0.05) is 30.8 Å². The highest BCUT2D eigenvalue weighted by Crippen LogP contribution is 2.23. The van der Waals surface area contributed by atoms with Gasteiger partial charge in [-0.1, -0.05) is 6.07 Å². The Kier molecular flexibility index (Phi) is 5.18. The molecule has 3 aromatic rings. The fraction of sp³-hybridized carbons (Fsp3) is 0.238. The topological polar surface area (TPSA) is 111 Å². The second kappa shape index (κ2) is 7.94. The van der Waals surface area contributed by atoms with E-state index in [0.717, 1.165) is 41.1 Å². The second-order valence-electron chi connectivity index (χ2n) is 6.64. The maximum absolute atomic E-state index is 13.9. The zero-order valence-electron chi connectivity index (χ0n) is 16.0. The number of ether oxygens (including phenoxy) is 1. The van der Waals surface area contributed by atoms with Crippen molar-refractivity contribution < 1.29 is 22.8 Å². The van der Waals surface area contributed by atoms with Crippen molar-refractivity contribution in [2.45, 2.75) is 12.8 Å². The summed E-state index contributed by atoms with van der Waals surface area (Å²) in [4.78, 5) is 39.9. The summed E-state index contributed by atoms with van der Waals surface area (Å²) in [5.74, 6) is -0.787. The lowest BCUT2D eigenvalue weighted by Gasteiger charge is -2.18. The van der Waals surface area contributed by atoms with Crippen molar-refractivity contribution in [3.05, 3.63) is 73.7 Å². The number of carbonyl (C=O) groups excluding carboxylic acids is 1. The summed E-state index contributed by atoms with van der Waals surface area (Å²) >= 11 is 0. The van der Waals surface area contributed by atoms with Gasteiger partial charge < -0.3 is 18.9 Å². The van der Waals surface area contributed by atoms with Gasteiger partial charge in [0.05, 0.1) is 12.7 Å². The Balaban J connectivity index is 1.52. The Morgan fingerprint density at radius 1 is 1.17 bits per heavy atom. The molecule has 0 aliphatic carbocycles. The molecule has 0 radical (unpaired) electrons. The SMILES string of the molecule is COc1ccc2c(c1)C(CCNC(=O)c1ccc(F)c3oc(=O)c(=O)oc13)=NCC2. The number of halogens is 1. The highest BCUT2D eigenvalue weighted by Gasteiger charge is 2.20. The van der Waals surface area contributed by atoms with Gasteiger partial charge in [0.1, 0.15) is 5.75 Å². The van der Waals surface area contributed by atoms with E-state index in [-0.39, 0.29) is 12.1 Å². The van der Waals surface area contributed by atoms with E-state index >= 15 is 0 Å². The van der Waals surface area contributed by atoms with Crippen molar-refractivity contribution in [2.24, 2.45) is 4.99 Å². The molecule has 30 heavy (non-hydrogen) atoms. The van der Waals surface area contributed by atoms with Crippen LogP contribution >= 0.6 is 0 Å². The van der Waals surface area contributed by atoms with Crippen molar-refractivity contribution in [1.29, 1.82) is 0 Å². The summed E-state index contributed by atoms with van der Waals surface area (Å²) in [7, 11) is 1.59. The lowest BCUT2D eigenvalue weighted by Crippen LogP contribution is -2.28. The Morgan fingerprint density at radius 2 is 1.93 bits per heavy atom. The quantitative estimate of drug-likeness (QED) is 0.642. The minimum atomic E-state index is -1.34. The Labute approximate surface area is 169 Å². The first-order valence-electron chi connectivity index (χ1n) is 9.23. The molecule has 0 saturated carbocycles. The molecular formula is C21H17FN2O6. The van der Waals surface area contributed by atoms with Gasteiger partial charge in [0.25, 0.3) is 5.91 Å². The molecule has 1 aliphatic rings. The largest absolute Gasteiger partial charge is 0.497 e. The molecule has 1 aliphatic heterocycles. The van der Waals surface area contributed by atoms with Gasteiger partial charge in [0.2, 0.25) is 5.58 Å². The first-order chi connectivity index (χ1) is 14.5. The molecular weight excluding hydrogens is 395 g/mol. The summed E-state index contributed by atoms with van der Waals surface area (Å²) in [5, 5.41) is 2.70. The number of amides is 1. The molecule has 1 aromatic heterocycles. The number of methoxy groups -OCH3 is 1. The van der Waals surface area contributed by atoms with Gasteiger partial charge in [0.15, 0.2) is 11.4 Å². The minimum absolute atomic E-state index is 0.111. The molecule has 9 heteroatoms. The first kappa shape index (κ1) is 19.6. The lowest BCUT2D eigenvalue weighted by atomic mass is 9.95. The van der Waals surface area contributed by atoms with Crippen LogP contribution < -0.4 is 21.3 Å². The summed E-state index contributed by atoms with van der Waals surface area (Å²) in [6.45, 7) is 0.906. The van der Waals surface area contributed by atoms with Gasteiger partial charge >= 0.3 is 11.3 Å². The standard InChI is InChI=1S/C21H17FN2O6/c1-28-12-3-2-11-6-8-23-16(14(11)10-12)7-9-24-19(25)13-4-5-15(22)18-17(13)29-20(26)21(27)30-18/h2-5,10H,6-9H2,1H3,(H,24,25). The van der Waals surface area contributed by atoms with Crippen molar-refractivity contribution in [2.75, 3.05) is 20.2 Å². The summed E-state index contributed by atoms with van der Waals surface area (Å²) in [6.07, 6.45) is 1.30. The zero-order valence-corrected chi connectivity index (χ0v) is 16.0. The fourth-order valence-corrected chi connectivity index (χ4v) is 3.35. The summed E-state index contributed by atoms with van der Waals surface area (Å²) in [6, 6.07) is 7.94. The van der Waals surface area contributed by atoms with E-state index < -0.39 is 34.1 Å². The third-order valence-corrected chi connectivity index (χ3v) is 4.82. The molecule has 0 atom stereocenters. The van der Waals surface area contributed by atoms with Crippen LogP contribution in [0.25, 0.3) is 11.2 Å². The lowest BCUT2D eigenvalue weighted by molar-refractivity contribution is 0.0955. The number of nitrogens with one attached hydrogen (secondary N) is 1. The summed E-state index contributed by atoms with van der Waals surface area (Å²) < 4.78 is 28.6. The van der Waals surface area contributed by atoms with Gasteiger partial charge in [-0.2, -0.15) is 0 Å². The van der Waals surface area contributed by atoms with Crippen LogP contribution in [-0.2, 0) is 6.42 Å². The molecule has 0 spiro atoms. The van der Waals surface area contributed by atoms with Crippen LogP contribution in [0.4, 0.5) is 4.39 Å². The molecule has 0 unspecified atom stereocenters. The van der Waals surface area contributed by atoms with Crippen LogP contribution in [0.15, 0.2) is 53.7 Å². The highest BCUT2D eigenvalue weighted by molar-refractivity contribution is 6.05. The van der Waals surface area contributed by atoms with E-state index in [2.05, 4.69) is 14.7 Å². The second-order valence-corrected chi connectivity index (χ2v) is 6.64. The average molecular weight is 412 g/mol. The predicted octanol–water partition coefficient (Wildman–Crippen LogP) is 2.06. The van der Waals surface area contributed by atoms with Crippen molar-refractivity contribution in [3.63, 3.8) is 0 Å². The van der Waals surface area contributed by atoms with Crippen LogP contribution in [0, 0.1) is 5.82 Å². The zero-order chi connectivity index (χ0) is 21.3. The number of hydrogen-bond acceptors (Lipinski definition) is 7. The smallest absolute Gasteiger partial charge is 0.423 e. The molecule has 1 N–H and O–H groups in total. The minimum Gasteiger partial charge on any atom is -0.497 e. The number of aliphatic imine (C=N–C) groups is 1. The molecule has 2 aromatic carbocycles. The van der Waals surface area contributed by atoms with Gasteiger partial charge in [-0.15, -0.1) is 0 Å². The number of nitrogens with zero attached hydrogens (tertiary/aromatic N) is 1. The van der Waals surface area contributed by atoms with Crippen LogP contribution in [0.3, 0.4) is 0 Å². The van der Waals surface area contributed by atoms with Gasteiger partial charge in [-0.25, -0.2) is 14.0 Å². The summed E-state index contributed by atoms with van der Waals surface area (Å²) in [5.41, 5.74) is -0.778. The van der Waals surface area contributed by atoms with E-state index in [0.29, 0.717) is 13.0 Å². The Morgan fingerprint density at radius 3 is 2.70 bits per heavy atom. The molecule has 0 bridgehead atoms. The third-order valence-electron chi connectivity index (χ3n) is 4.82. The molecule has 154 valence electrons. The van der Waals surface area contributed by atoms with Crippen molar-refractivity contribution in [3.8, 4) is 5.75 Å². The van der Waals surface area contributed by atoms with Gasteiger partial charge in [-0.3, -0.25) is 9.79 Å². The van der Waals surface area contributed by atoms with Crippen molar-refractivity contribution in [1.82, 2.24) is 5.32 Å². The number of hydrogen-bond donors (Lipinski definition) is 1. The monoisotopic (exact) mass is 412 g/mol. The van der Waals surface area contributed by atoms with E-state index in [9.17, 15) is 18.8 Å². The highest BCUT2D eigenvalue weighted by atomic mass is 19.1. The molecule has 1 amide bonds. The number of benzene rings is 2.